The van der Waals surface area contributed by atoms with E-state index in [0.717, 1.165) is 43.0 Å². The van der Waals surface area contributed by atoms with Gasteiger partial charge in [-0.3, -0.25) is 14.2 Å². The van der Waals surface area contributed by atoms with Crippen molar-refractivity contribution < 1.29 is 4.79 Å². The van der Waals surface area contributed by atoms with Crippen LogP contribution in [0.3, 0.4) is 0 Å². The number of aromatic nitrogens is 1. The topological polar surface area (TPSA) is 54.3 Å². The second-order valence-electron chi connectivity index (χ2n) is 5.81. The number of amides is 1. The minimum Gasteiger partial charge on any atom is -0.341 e. The standard InChI is InChI=1S/C15H25N3O2S.ClH/c1-11-12(2)21-15(20)18(11)10-14(19)17-8-5-13(6-9-17)4-7-16-3;/h13,16H,4-10H2,1-3H3;1H. The van der Waals surface area contributed by atoms with Crippen molar-refractivity contribution in [3.8, 4) is 0 Å². The molecule has 1 N–H and O–H groups in total. The summed E-state index contributed by atoms with van der Waals surface area (Å²) in [4.78, 5) is 27.1. The zero-order valence-electron chi connectivity index (χ0n) is 13.6. The Morgan fingerprint density at radius 1 is 1.32 bits per heavy atom. The fraction of sp³-hybridized carbons (Fsp3) is 0.733. The summed E-state index contributed by atoms with van der Waals surface area (Å²) in [6.45, 7) is 6.71. The molecule has 2 rings (SSSR count). The normalized spacial score (nSPS) is 15.7. The number of halogens is 1. The van der Waals surface area contributed by atoms with E-state index in [-0.39, 0.29) is 29.7 Å². The number of aryl methyl sites for hydroxylation is 1. The molecular weight excluding hydrogens is 322 g/mol. The number of nitrogens with zero attached hydrogens (tertiary/aromatic N) is 2. The molecule has 0 aliphatic carbocycles. The average molecular weight is 348 g/mol. The van der Waals surface area contributed by atoms with Crippen molar-refractivity contribution in [1.82, 2.24) is 14.8 Å². The second-order valence-corrected chi connectivity index (χ2v) is 6.98. The number of carbonyl (C=O) groups is 1. The van der Waals surface area contributed by atoms with Crippen LogP contribution in [0.4, 0.5) is 0 Å². The van der Waals surface area contributed by atoms with Crippen LogP contribution in [0.2, 0.25) is 0 Å². The van der Waals surface area contributed by atoms with Gasteiger partial charge in [0.1, 0.15) is 6.54 Å². The van der Waals surface area contributed by atoms with Gasteiger partial charge in [-0.25, -0.2) is 0 Å². The fourth-order valence-electron chi connectivity index (χ4n) is 2.82. The summed E-state index contributed by atoms with van der Waals surface area (Å²) in [5, 5.41) is 3.18. The summed E-state index contributed by atoms with van der Waals surface area (Å²) in [5.41, 5.74) is 0.919. The van der Waals surface area contributed by atoms with Gasteiger partial charge in [0, 0.05) is 23.7 Å². The molecule has 1 amide bonds. The highest BCUT2D eigenvalue weighted by Crippen LogP contribution is 2.20. The van der Waals surface area contributed by atoms with Crippen LogP contribution in [0.25, 0.3) is 0 Å². The van der Waals surface area contributed by atoms with Crippen LogP contribution in [0.1, 0.15) is 29.8 Å². The first-order valence-electron chi connectivity index (χ1n) is 7.62. The number of likely N-dealkylation sites (tertiary alicyclic amines) is 1. The van der Waals surface area contributed by atoms with Crippen LogP contribution in [-0.2, 0) is 11.3 Å². The Bertz CT molecular complexity index is 547. The summed E-state index contributed by atoms with van der Waals surface area (Å²) in [6, 6.07) is 0. The van der Waals surface area contributed by atoms with Crippen LogP contribution in [0, 0.1) is 19.8 Å². The van der Waals surface area contributed by atoms with Crippen LogP contribution < -0.4 is 10.2 Å². The van der Waals surface area contributed by atoms with E-state index in [1.807, 2.05) is 25.8 Å². The Labute approximate surface area is 142 Å². The smallest absolute Gasteiger partial charge is 0.308 e. The fourth-order valence-corrected chi connectivity index (χ4v) is 3.66. The quantitative estimate of drug-likeness (QED) is 0.883. The van der Waals surface area contributed by atoms with E-state index in [1.165, 1.54) is 17.8 Å². The second kappa shape index (κ2) is 8.70. The van der Waals surface area contributed by atoms with Gasteiger partial charge in [0.25, 0.3) is 0 Å². The van der Waals surface area contributed by atoms with Gasteiger partial charge in [-0.05, 0) is 52.6 Å². The molecule has 126 valence electrons. The Morgan fingerprint density at radius 2 is 1.95 bits per heavy atom. The molecule has 0 radical (unpaired) electrons. The Kier molecular flexibility index (Phi) is 7.59. The van der Waals surface area contributed by atoms with Crippen molar-refractivity contribution in [2.45, 2.75) is 39.7 Å². The number of carbonyl (C=O) groups excluding carboxylic acids is 1. The summed E-state index contributed by atoms with van der Waals surface area (Å²) in [6.07, 6.45) is 3.33. The molecule has 1 aromatic rings. The molecule has 1 aliphatic rings. The van der Waals surface area contributed by atoms with Crippen LogP contribution >= 0.6 is 23.7 Å². The van der Waals surface area contributed by atoms with Crippen molar-refractivity contribution in [3.05, 3.63) is 20.2 Å². The predicted molar refractivity (Wildman–Crippen MR) is 93.1 cm³/mol. The molecule has 0 bridgehead atoms. The predicted octanol–water partition coefficient (Wildman–Crippen LogP) is 1.80. The molecule has 7 heteroatoms. The van der Waals surface area contributed by atoms with E-state index < -0.39 is 0 Å². The highest BCUT2D eigenvalue weighted by molar-refractivity contribution is 7.09. The van der Waals surface area contributed by atoms with E-state index in [4.69, 9.17) is 0 Å². The maximum atomic E-state index is 12.4. The third-order valence-corrected chi connectivity index (χ3v) is 5.43. The van der Waals surface area contributed by atoms with Gasteiger partial charge >= 0.3 is 4.87 Å². The Balaban J connectivity index is 0.00000242. The largest absolute Gasteiger partial charge is 0.341 e. The van der Waals surface area contributed by atoms with E-state index in [9.17, 15) is 9.59 Å². The number of thiazole rings is 1. The van der Waals surface area contributed by atoms with Gasteiger partial charge in [-0.2, -0.15) is 0 Å². The molecule has 5 nitrogen and oxygen atoms in total. The third kappa shape index (κ3) is 4.57. The van der Waals surface area contributed by atoms with Crippen molar-refractivity contribution in [2.24, 2.45) is 5.92 Å². The molecule has 0 saturated carbocycles. The van der Waals surface area contributed by atoms with Crippen molar-refractivity contribution in [3.63, 3.8) is 0 Å². The van der Waals surface area contributed by atoms with Crippen molar-refractivity contribution >= 4 is 29.7 Å². The van der Waals surface area contributed by atoms with Gasteiger partial charge in [-0.1, -0.05) is 11.3 Å². The third-order valence-electron chi connectivity index (χ3n) is 4.44. The molecule has 0 spiro atoms. The number of nitrogens with one attached hydrogen (secondary N) is 1. The van der Waals surface area contributed by atoms with Gasteiger partial charge < -0.3 is 10.2 Å². The van der Waals surface area contributed by atoms with Crippen LogP contribution in [0.5, 0.6) is 0 Å². The van der Waals surface area contributed by atoms with Gasteiger partial charge in [0.2, 0.25) is 5.91 Å². The molecule has 0 unspecified atom stereocenters. The molecule has 22 heavy (non-hydrogen) atoms. The molecule has 1 aliphatic heterocycles. The Morgan fingerprint density at radius 3 is 2.45 bits per heavy atom. The first-order valence-corrected chi connectivity index (χ1v) is 8.43. The SMILES string of the molecule is CNCCC1CCN(C(=O)Cn2c(C)c(C)sc2=O)CC1.Cl. The van der Waals surface area contributed by atoms with E-state index in [0.29, 0.717) is 5.92 Å². The summed E-state index contributed by atoms with van der Waals surface area (Å²) in [5.74, 6) is 0.791. The highest BCUT2D eigenvalue weighted by atomic mass is 35.5. The lowest BCUT2D eigenvalue weighted by Crippen LogP contribution is -2.41. The zero-order chi connectivity index (χ0) is 15.4. The molecule has 1 saturated heterocycles. The number of piperidine rings is 1. The number of hydrogen-bond donors (Lipinski definition) is 1. The molecule has 0 aromatic carbocycles. The van der Waals surface area contributed by atoms with E-state index in [1.54, 1.807) is 4.57 Å². The lowest BCUT2D eigenvalue weighted by molar-refractivity contribution is -0.133. The zero-order valence-corrected chi connectivity index (χ0v) is 15.2. The Hall–Kier alpha value is -0.850. The first-order chi connectivity index (χ1) is 10.0. The van der Waals surface area contributed by atoms with Crippen molar-refractivity contribution in [1.29, 1.82) is 0 Å². The summed E-state index contributed by atoms with van der Waals surface area (Å²) < 4.78 is 1.61. The number of hydrogen-bond acceptors (Lipinski definition) is 4. The molecule has 0 atom stereocenters. The van der Waals surface area contributed by atoms with Gasteiger partial charge in [0.05, 0.1) is 0 Å². The van der Waals surface area contributed by atoms with Crippen LogP contribution in [0.15, 0.2) is 4.79 Å². The van der Waals surface area contributed by atoms with Gasteiger partial charge in [0.15, 0.2) is 0 Å². The molecule has 1 fully saturated rings. The van der Waals surface area contributed by atoms with E-state index >= 15 is 0 Å². The van der Waals surface area contributed by atoms with Gasteiger partial charge in [-0.15, -0.1) is 12.4 Å². The number of rotatable bonds is 5. The monoisotopic (exact) mass is 347 g/mol. The lowest BCUT2D eigenvalue weighted by atomic mass is 9.93. The lowest BCUT2D eigenvalue weighted by Gasteiger charge is -2.32. The molecule has 1 aromatic heterocycles. The van der Waals surface area contributed by atoms with Crippen LogP contribution in [-0.4, -0.2) is 42.1 Å². The van der Waals surface area contributed by atoms with E-state index in [2.05, 4.69) is 5.32 Å². The molecule has 2 heterocycles. The summed E-state index contributed by atoms with van der Waals surface area (Å²) in [7, 11) is 1.97. The molecular formula is C15H26ClN3O2S. The maximum absolute atomic E-state index is 12.4. The first kappa shape index (κ1) is 19.2. The average Bonchev–Trinajstić information content (AvgIpc) is 2.72. The minimum absolute atomic E-state index is 0. The summed E-state index contributed by atoms with van der Waals surface area (Å²) >= 11 is 1.22. The van der Waals surface area contributed by atoms with Crippen molar-refractivity contribution in [2.75, 3.05) is 26.7 Å². The minimum atomic E-state index is -0.0257. The maximum Gasteiger partial charge on any atom is 0.308 e. The highest BCUT2D eigenvalue weighted by Gasteiger charge is 2.23.